The Hall–Kier alpha value is -6.06. The third-order valence-electron chi connectivity index (χ3n) is 13.5. The molecule has 3 heteroatoms. The van der Waals surface area contributed by atoms with Crippen LogP contribution in [0.1, 0.15) is 52.7 Å². The van der Waals surface area contributed by atoms with Gasteiger partial charge in [0.05, 0.1) is 22.2 Å². The number of benzene rings is 7. The van der Waals surface area contributed by atoms with Crippen molar-refractivity contribution >= 4 is 43.5 Å². The number of hydrogen-bond donors (Lipinski definition) is 0. The van der Waals surface area contributed by atoms with Gasteiger partial charge < -0.3 is 4.57 Å². The van der Waals surface area contributed by atoms with Crippen molar-refractivity contribution in [3.63, 3.8) is 0 Å². The van der Waals surface area contributed by atoms with E-state index in [2.05, 4.69) is 198 Å². The van der Waals surface area contributed by atoms with E-state index in [0.29, 0.717) is 0 Å². The lowest BCUT2D eigenvalue weighted by molar-refractivity contribution is 0.125. The van der Waals surface area contributed by atoms with Crippen molar-refractivity contribution in [2.45, 2.75) is 52.4 Å². The number of hydrogen-bond acceptors (Lipinski definition) is 2. The number of para-hydroxylation sites is 2. The Kier molecular flexibility index (Phi) is 6.92. The van der Waals surface area contributed by atoms with E-state index < -0.39 is 0 Å². The van der Waals surface area contributed by atoms with Gasteiger partial charge in [0.1, 0.15) is 0 Å². The first-order valence-electron chi connectivity index (χ1n) is 19.1. The van der Waals surface area contributed by atoms with Crippen molar-refractivity contribution in [1.29, 1.82) is 0 Å². The zero-order valence-corrected chi connectivity index (χ0v) is 31.8. The highest BCUT2D eigenvalue weighted by atomic mass is 15.0. The minimum atomic E-state index is -0.0876. The van der Waals surface area contributed by atoms with E-state index in [-0.39, 0.29) is 16.2 Å². The van der Waals surface area contributed by atoms with E-state index in [1.54, 1.807) is 0 Å². The van der Waals surface area contributed by atoms with Crippen LogP contribution < -0.4 is 0 Å². The minimum Gasteiger partial charge on any atom is -0.309 e. The maximum absolute atomic E-state index is 5.53. The molecule has 0 unspecified atom stereocenters. The van der Waals surface area contributed by atoms with Gasteiger partial charge in [0.25, 0.3) is 0 Å². The smallest absolute Gasteiger partial charge is 0.161 e. The van der Waals surface area contributed by atoms with E-state index in [1.165, 1.54) is 38.3 Å². The van der Waals surface area contributed by atoms with Gasteiger partial charge in [-0.2, -0.15) is 0 Å². The predicted molar refractivity (Wildman–Crippen MR) is 228 cm³/mol. The molecule has 9 aromatic rings. The predicted octanol–water partition coefficient (Wildman–Crippen LogP) is 13.5. The molecule has 262 valence electrons. The molecule has 2 aromatic heterocycles. The van der Waals surface area contributed by atoms with Crippen LogP contribution in [0.4, 0.5) is 0 Å². The van der Waals surface area contributed by atoms with Crippen molar-refractivity contribution in [2.24, 2.45) is 5.41 Å². The number of aromatic nitrogens is 3. The van der Waals surface area contributed by atoms with Crippen LogP contribution in [-0.4, -0.2) is 14.5 Å². The van der Waals surface area contributed by atoms with Crippen LogP contribution in [0.15, 0.2) is 152 Å². The summed E-state index contributed by atoms with van der Waals surface area (Å²) in [4.78, 5) is 11.0. The normalized spacial score (nSPS) is 15.7. The summed E-state index contributed by atoms with van der Waals surface area (Å²) < 4.78 is 2.41. The minimum absolute atomic E-state index is 0.00130. The Morgan fingerprint density at radius 3 is 1.70 bits per heavy atom. The molecule has 0 fully saturated rings. The van der Waals surface area contributed by atoms with E-state index in [4.69, 9.17) is 9.97 Å². The Balaban J connectivity index is 1.30. The molecular formula is C51H43N3. The van der Waals surface area contributed by atoms with E-state index >= 15 is 0 Å². The second kappa shape index (κ2) is 11.5. The molecule has 0 saturated carbocycles. The maximum atomic E-state index is 5.53. The standard InChI is InChI=1S/C51H43N3/c1-49(2)42-30-40(34-20-16-21-35(29-34)54-44-25-14-12-23-37(44)38-24-13-15-26-45(38)54)41(31-43(42)50(3,4)51(49,5)6)48-52-46(33-18-8-7-9-19-33)39-28-27-32-17-10-11-22-36(32)47(39)53-48/h7-31H,1-6H3. The summed E-state index contributed by atoms with van der Waals surface area (Å²) in [6.07, 6.45) is 0. The van der Waals surface area contributed by atoms with Gasteiger partial charge >= 0.3 is 0 Å². The topological polar surface area (TPSA) is 30.7 Å². The molecule has 2 heterocycles. The lowest BCUT2D eigenvalue weighted by Crippen LogP contribution is -2.42. The molecule has 0 atom stereocenters. The molecule has 0 spiro atoms. The molecule has 0 amide bonds. The molecule has 0 radical (unpaired) electrons. The average molecular weight is 698 g/mol. The van der Waals surface area contributed by atoms with Gasteiger partial charge in [0.2, 0.25) is 0 Å². The lowest BCUT2D eigenvalue weighted by atomic mass is 9.59. The summed E-state index contributed by atoms with van der Waals surface area (Å²) in [7, 11) is 0. The molecule has 0 aliphatic heterocycles. The molecule has 0 bridgehead atoms. The van der Waals surface area contributed by atoms with Crippen LogP contribution in [0.2, 0.25) is 0 Å². The van der Waals surface area contributed by atoms with Crippen LogP contribution in [-0.2, 0) is 10.8 Å². The summed E-state index contributed by atoms with van der Waals surface area (Å²) >= 11 is 0. The van der Waals surface area contributed by atoms with Gasteiger partial charge in [-0.1, -0.05) is 151 Å². The molecular weight excluding hydrogens is 655 g/mol. The van der Waals surface area contributed by atoms with Crippen LogP contribution in [0.3, 0.4) is 0 Å². The lowest BCUT2D eigenvalue weighted by Gasteiger charge is -2.44. The van der Waals surface area contributed by atoms with Gasteiger partial charge in [0.15, 0.2) is 5.82 Å². The Morgan fingerprint density at radius 1 is 0.444 bits per heavy atom. The molecule has 10 rings (SSSR count). The summed E-state index contributed by atoms with van der Waals surface area (Å²) in [5, 5.41) is 5.88. The molecule has 7 aromatic carbocycles. The zero-order chi connectivity index (χ0) is 37.0. The zero-order valence-electron chi connectivity index (χ0n) is 31.8. The van der Waals surface area contributed by atoms with Crippen molar-refractivity contribution in [3.05, 3.63) is 163 Å². The fourth-order valence-electron chi connectivity index (χ4n) is 9.33. The van der Waals surface area contributed by atoms with Crippen molar-refractivity contribution in [1.82, 2.24) is 14.5 Å². The highest BCUT2D eigenvalue weighted by Gasteiger charge is 2.57. The molecule has 1 aliphatic carbocycles. The molecule has 0 N–H and O–H groups in total. The molecule has 3 nitrogen and oxygen atoms in total. The van der Waals surface area contributed by atoms with E-state index in [0.717, 1.165) is 55.7 Å². The Labute approximate surface area is 317 Å². The van der Waals surface area contributed by atoms with Crippen molar-refractivity contribution in [3.8, 4) is 39.5 Å². The molecule has 0 saturated heterocycles. The van der Waals surface area contributed by atoms with Gasteiger partial charge in [-0.15, -0.1) is 0 Å². The van der Waals surface area contributed by atoms with Crippen LogP contribution in [0, 0.1) is 5.41 Å². The van der Waals surface area contributed by atoms with Crippen molar-refractivity contribution < 1.29 is 0 Å². The van der Waals surface area contributed by atoms with Gasteiger partial charge in [0, 0.05) is 38.4 Å². The summed E-state index contributed by atoms with van der Waals surface area (Å²) in [5.41, 5.74) is 12.5. The van der Waals surface area contributed by atoms with Crippen LogP contribution in [0.5, 0.6) is 0 Å². The summed E-state index contributed by atoms with van der Waals surface area (Å²) in [6, 6.07) is 55.0. The average Bonchev–Trinajstić information content (AvgIpc) is 3.58. The van der Waals surface area contributed by atoms with E-state index in [9.17, 15) is 0 Å². The fraction of sp³-hybridized carbons (Fsp3) is 0.176. The number of fused-ring (bicyclic) bond motifs is 7. The third-order valence-corrected chi connectivity index (χ3v) is 13.5. The first kappa shape index (κ1) is 32.6. The second-order valence-corrected chi connectivity index (χ2v) is 16.7. The summed E-state index contributed by atoms with van der Waals surface area (Å²) in [6.45, 7) is 14.5. The van der Waals surface area contributed by atoms with Crippen LogP contribution >= 0.6 is 0 Å². The highest BCUT2D eigenvalue weighted by Crippen LogP contribution is 2.62. The summed E-state index contributed by atoms with van der Waals surface area (Å²) in [5.74, 6) is 0.746. The van der Waals surface area contributed by atoms with Gasteiger partial charge in [-0.25, -0.2) is 9.97 Å². The third kappa shape index (κ3) is 4.48. The SMILES string of the molecule is CC1(C)c2cc(-c3cccc(-n4c5ccccc5c5ccccc54)c3)c(-c3nc(-c4ccccc4)c4ccc5ccccc5c4n3)cc2C(C)(C)C1(C)C. The van der Waals surface area contributed by atoms with Crippen LogP contribution in [0.25, 0.3) is 82.9 Å². The maximum Gasteiger partial charge on any atom is 0.161 e. The number of nitrogens with zero attached hydrogens (tertiary/aromatic N) is 3. The van der Waals surface area contributed by atoms with Gasteiger partial charge in [-0.3, -0.25) is 0 Å². The fourth-order valence-corrected chi connectivity index (χ4v) is 9.33. The second-order valence-electron chi connectivity index (χ2n) is 16.7. The Morgan fingerprint density at radius 2 is 1.02 bits per heavy atom. The molecule has 1 aliphatic rings. The first-order valence-corrected chi connectivity index (χ1v) is 19.1. The quantitative estimate of drug-likeness (QED) is 0.171. The molecule has 54 heavy (non-hydrogen) atoms. The van der Waals surface area contributed by atoms with Crippen molar-refractivity contribution in [2.75, 3.05) is 0 Å². The van der Waals surface area contributed by atoms with Gasteiger partial charge in [-0.05, 0) is 86.3 Å². The van der Waals surface area contributed by atoms with E-state index in [1.807, 2.05) is 0 Å². The monoisotopic (exact) mass is 697 g/mol. The largest absolute Gasteiger partial charge is 0.309 e. The number of rotatable bonds is 4. The Bertz CT molecular complexity index is 2910. The first-order chi connectivity index (χ1) is 26.1. The highest BCUT2D eigenvalue weighted by molar-refractivity contribution is 6.11.